The second-order valence-electron chi connectivity index (χ2n) is 6.06. The van der Waals surface area contributed by atoms with Crippen molar-refractivity contribution >= 4 is 41.0 Å². The van der Waals surface area contributed by atoms with E-state index in [1.807, 2.05) is 6.92 Å². The van der Waals surface area contributed by atoms with Gasteiger partial charge in [-0.15, -0.1) is 0 Å². The van der Waals surface area contributed by atoms with E-state index in [1.165, 1.54) is 18.2 Å². The van der Waals surface area contributed by atoms with Crippen molar-refractivity contribution in [3.63, 3.8) is 0 Å². The number of aliphatic carboxylic acids is 1. The highest BCUT2D eigenvalue weighted by molar-refractivity contribution is 6.37. The van der Waals surface area contributed by atoms with Crippen LogP contribution >= 0.6 is 23.2 Å². The van der Waals surface area contributed by atoms with E-state index in [4.69, 9.17) is 37.8 Å². The molecule has 2 aromatic carbocycles. The predicted molar refractivity (Wildman–Crippen MR) is 111 cm³/mol. The van der Waals surface area contributed by atoms with Crippen LogP contribution in [0.2, 0.25) is 10.0 Å². The summed E-state index contributed by atoms with van der Waals surface area (Å²) in [4.78, 5) is 24.1. The molecule has 0 saturated carbocycles. The number of hydrogen-bond donors (Lipinski definition) is 2. The summed E-state index contributed by atoms with van der Waals surface area (Å²) in [5.74, 6) is -0.483. The molecule has 0 saturated heterocycles. The number of aromatic hydroxyl groups is 1. The van der Waals surface area contributed by atoms with Gasteiger partial charge in [-0.25, -0.2) is 4.79 Å². The Labute approximate surface area is 178 Å². The van der Waals surface area contributed by atoms with Crippen LogP contribution in [-0.4, -0.2) is 35.4 Å². The lowest BCUT2D eigenvalue weighted by atomic mass is 10.1. The van der Waals surface area contributed by atoms with Crippen LogP contribution in [0, 0.1) is 0 Å². The Bertz CT molecular complexity index is 880. The van der Waals surface area contributed by atoms with Gasteiger partial charge < -0.3 is 19.7 Å². The third-order valence-electron chi connectivity index (χ3n) is 3.87. The average molecular weight is 442 g/mol. The highest BCUT2D eigenvalue weighted by atomic mass is 35.5. The molecule has 0 aromatic heterocycles. The standard InChI is InChI=1S/C20H21Cl2NO6/c1-3-5-12-8-14(6-7-17(12)24)29-19-15(21)9-13(10-16(19)22)23(11-18(25)26)20(27)28-4-2/h6-10,24H,3-5,11H2,1-2H3,(H,25,26). The molecule has 2 N–H and O–H groups in total. The number of nitrogens with zero attached hydrogens (tertiary/aromatic N) is 1. The number of anilines is 1. The summed E-state index contributed by atoms with van der Waals surface area (Å²) in [6.45, 7) is 3.06. The molecule has 0 bridgehead atoms. The number of carboxylic acid groups (broad SMARTS) is 1. The van der Waals surface area contributed by atoms with Gasteiger partial charge in [-0.2, -0.15) is 0 Å². The van der Waals surface area contributed by atoms with Crippen LogP contribution in [0.3, 0.4) is 0 Å². The minimum absolute atomic E-state index is 0.0808. The van der Waals surface area contributed by atoms with Gasteiger partial charge in [0.15, 0.2) is 5.75 Å². The van der Waals surface area contributed by atoms with Crippen molar-refractivity contribution in [3.8, 4) is 17.2 Å². The lowest BCUT2D eigenvalue weighted by molar-refractivity contribution is -0.135. The molecule has 0 aliphatic carbocycles. The number of rotatable bonds is 8. The summed E-state index contributed by atoms with van der Waals surface area (Å²) < 4.78 is 10.7. The van der Waals surface area contributed by atoms with E-state index >= 15 is 0 Å². The maximum Gasteiger partial charge on any atom is 0.414 e. The first-order chi connectivity index (χ1) is 13.8. The van der Waals surface area contributed by atoms with E-state index in [0.29, 0.717) is 12.2 Å². The molecule has 156 valence electrons. The van der Waals surface area contributed by atoms with E-state index in [1.54, 1.807) is 19.1 Å². The Morgan fingerprint density at radius 3 is 2.31 bits per heavy atom. The van der Waals surface area contributed by atoms with Crippen LogP contribution in [0.25, 0.3) is 0 Å². The molecule has 0 fully saturated rings. The molecule has 2 rings (SSSR count). The van der Waals surface area contributed by atoms with Crippen LogP contribution in [0.1, 0.15) is 25.8 Å². The summed E-state index contributed by atoms with van der Waals surface area (Å²) in [5, 5.41) is 19.1. The second-order valence-corrected chi connectivity index (χ2v) is 6.87. The Morgan fingerprint density at radius 2 is 1.76 bits per heavy atom. The van der Waals surface area contributed by atoms with Crippen LogP contribution in [-0.2, 0) is 16.0 Å². The number of halogens is 2. The first-order valence-corrected chi connectivity index (χ1v) is 9.67. The molecule has 9 heteroatoms. The molecule has 29 heavy (non-hydrogen) atoms. The normalized spacial score (nSPS) is 10.5. The maximum atomic E-state index is 12.1. The molecule has 7 nitrogen and oxygen atoms in total. The Balaban J connectivity index is 2.36. The topological polar surface area (TPSA) is 96.3 Å². The number of ether oxygens (including phenoxy) is 2. The number of amides is 1. The largest absolute Gasteiger partial charge is 0.508 e. The fourth-order valence-corrected chi connectivity index (χ4v) is 3.16. The molecule has 1 amide bonds. The monoisotopic (exact) mass is 441 g/mol. The summed E-state index contributed by atoms with van der Waals surface area (Å²) >= 11 is 12.6. The molecule has 0 spiro atoms. The Kier molecular flexibility index (Phi) is 7.99. The number of hydrogen-bond acceptors (Lipinski definition) is 5. The van der Waals surface area contributed by atoms with Gasteiger partial charge in [-0.05, 0) is 49.2 Å². The lowest BCUT2D eigenvalue weighted by Crippen LogP contribution is -2.36. The quantitative estimate of drug-likeness (QED) is 0.561. The zero-order valence-electron chi connectivity index (χ0n) is 15.9. The number of carboxylic acids is 1. The van der Waals surface area contributed by atoms with Crippen LogP contribution in [0.5, 0.6) is 17.2 Å². The van der Waals surface area contributed by atoms with Gasteiger partial charge in [0.05, 0.1) is 22.3 Å². The van der Waals surface area contributed by atoms with Gasteiger partial charge in [-0.3, -0.25) is 9.69 Å². The first kappa shape index (κ1) is 22.6. The SMILES string of the molecule is CCCc1cc(Oc2c(Cl)cc(N(CC(=O)O)C(=O)OCC)cc2Cl)ccc1O. The van der Waals surface area contributed by atoms with Crippen molar-refractivity contribution < 1.29 is 29.3 Å². The minimum atomic E-state index is -1.22. The number of phenolic OH excluding ortho intramolecular Hbond substituents is 1. The lowest BCUT2D eigenvalue weighted by Gasteiger charge is -2.21. The summed E-state index contributed by atoms with van der Waals surface area (Å²) in [6.07, 6.45) is 0.687. The second kappa shape index (κ2) is 10.2. The average Bonchev–Trinajstić information content (AvgIpc) is 2.65. The Morgan fingerprint density at radius 1 is 1.10 bits per heavy atom. The summed E-state index contributed by atoms with van der Waals surface area (Å²) in [7, 11) is 0. The molecular weight excluding hydrogens is 421 g/mol. The van der Waals surface area contributed by atoms with Crippen molar-refractivity contribution in [3.05, 3.63) is 45.9 Å². The van der Waals surface area contributed by atoms with Gasteiger partial charge in [0.2, 0.25) is 0 Å². The Hall–Kier alpha value is -2.64. The minimum Gasteiger partial charge on any atom is -0.508 e. The van der Waals surface area contributed by atoms with Crippen LogP contribution < -0.4 is 9.64 Å². The molecule has 0 heterocycles. The molecule has 0 aliphatic heterocycles. The highest BCUT2D eigenvalue weighted by Gasteiger charge is 2.23. The first-order valence-electron chi connectivity index (χ1n) is 8.91. The van der Waals surface area contributed by atoms with Crippen molar-refractivity contribution in [1.29, 1.82) is 0 Å². The van der Waals surface area contributed by atoms with Gasteiger partial charge in [-0.1, -0.05) is 36.5 Å². The van der Waals surface area contributed by atoms with Crippen LogP contribution in [0.15, 0.2) is 30.3 Å². The van der Waals surface area contributed by atoms with Crippen molar-refractivity contribution in [2.24, 2.45) is 0 Å². The number of carbonyl (C=O) groups is 2. The van der Waals surface area contributed by atoms with E-state index in [2.05, 4.69) is 0 Å². The number of aryl methyl sites for hydroxylation is 1. The summed E-state index contributed by atoms with van der Waals surface area (Å²) in [6, 6.07) is 7.52. The van der Waals surface area contributed by atoms with E-state index in [-0.39, 0.29) is 33.8 Å². The highest BCUT2D eigenvalue weighted by Crippen LogP contribution is 2.40. The van der Waals surface area contributed by atoms with E-state index < -0.39 is 18.6 Å². The predicted octanol–water partition coefficient (Wildman–Crippen LogP) is 5.49. The van der Waals surface area contributed by atoms with Crippen molar-refractivity contribution in [1.82, 2.24) is 0 Å². The van der Waals surface area contributed by atoms with E-state index in [0.717, 1.165) is 16.9 Å². The van der Waals surface area contributed by atoms with Crippen molar-refractivity contribution in [2.75, 3.05) is 18.1 Å². The number of benzene rings is 2. The van der Waals surface area contributed by atoms with Gasteiger partial charge in [0, 0.05) is 0 Å². The fourth-order valence-electron chi connectivity index (χ4n) is 2.61. The molecule has 2 aromatic rings. The maximum absolute atomic E-state index is 12.1. The van der Waals surface area contributed by atoms with Crippen molar-refractivity contribution in [2.45, 2.75) is 26.7 Å². The third kappa shape index (κ3) is 5.92. The van der Waals surface area contributed by atoms with Gasteiger partial charge in [0.25, 0.3) is 0 Å². The molecular formula is C20H21Cl2NO6. The van der Waals surface area contributed by atoms with Gasteiger partial charge >= 0.3 is 12.1 Å². The molecule has 0 atom stereocenters. The molecule has 0 aliphatic rings. The van der Waals surface area contributed by atoms with E-state index in [9.17, 15) is 14.7 Å². The fraction of sp³-hybridized carbons (Fsp3) is 0.300. The zero-order chi connectivity index (χ0) is 21.6. The third-order valence-corrected chi connectivity index (χ3v) is 4.43. The molecule has 0 radical (unpaired) electrons. The number of phenols is 1. The van der Waals surface area contributed by atoms with Crippen LogP contribution in [0.4, 0.5) is 10.5 Å². The summed E-state index contributed by atoms with van der Waals surface area (Å²) in [5.41, 5.74) is 0.884. The van der Waals surface area contributed by atoms with Gasteiger partial charge in [0.1, 0.15) is 18.0 Å². The molecule has 0 unspecified atom stereocenters. The zero-order valence-corrected chi connectivity index (χ0v) is 17.5. The smallest absolute Gasteiger partial charge is 0.414 e. The number of carbonyl (C=O) groups excluding carboxylic acids is 1.